The quantitative estimate of drug-likeness (QED) is 0.921. The molecular weight excluding hydrogens is 267 g/mol. The maximum atomic E-state index is 13.3. The Morgan fingerprint density at radius 3 is 2.68 bits per heavy atom. The lowest BCUT2D eigenvalue weighted by Crippen LogP contribution is -2.20. The van der Waals surface area contributed by atoms with Gasteiger partial charge in [-0.3, -0.25) is 0 Å². The van der Waals surface area contributed by atoms with Gasteiger partial charge in [-0.2, -0.15) is 0 Å². The number of benzene rings is 1. The van der Waals surface area contributed by atoms with Crippen LogP contribution in [0.4, 0.5) is 10.2 Å². The Morgan fingerprint density at radius 2 is 2.05 bits per heavy atom. The van der Waals surface area contributed by atoms with Gasteiger partial charge in [0.25, 0.3) is 0 Å². The first kappa shape index (κ1) is 13.8. The Labute approximate surface area is 116 Å². The molecule has 0 spiro atoms. The number of aromatic nitrogens is 3. The number of rotatable bonds is 2. The van der Waals surface area contributed by atoms with Crippen molar-refractivity contribution in [2.45, 2.75) is 32.7 Å². The molecule has 102 valence electrons. The first-order valence-electron chi connectivity index (χ1n) is 5.92. The summed E-state index contributed by atoms with van der Waals surface area (Å²) in [7, 11) is 0. The van der Waals surface area contributed by atoms with E-state index in [0.717, 1.165) is 5.69 Å². The summed E-state index contributed by atoms with van der Waals surface area (Å²) < 4.78 is 14.9. The van der Waals surface area contributed by atoms with Crippen molar-refractivity contribution >= 4 is 17.4 Å². The van der Waals surface area contributed by atoms with Gasteiger partial charge in [-0.1, -0.05) is 37.6 Å². The number of anilines is 1. The zero-order valence-corrected chi connectivity index (χ0v) is 11.9. The number of nitrogens with two attached hydrogens (primary N) is 1. The fourth-order valence-electron chi connectivity index (χ4n) is 2.03. The zero-order chi connectivity index (χ0) is 14.2. The molecule has 0 saturated heterocycles. The number of nitrogens with zero attached hydrogens (tertiary/aromatic N) is 3. The van der Waals surface area contributed by atoms with Crippen molar-refractivity contribution in [3.05, 3.63) is 40.3 Å². The maximum Gasteiger partial charge on any atom is 0.169 e. The van der Waals surface area contributed by atoms with Crippen LogP contribution in [-0.2, 0) is 12.0 Å². The molecule has 0 bridgehead atoms. The standard InChI is InChI=1S/C13H16ClFN4/c1-13(2,3)11-12(16)17-18-19(11)7-8-6-9(15)4-5-10(8)14/h4-6H,7,16H2,1-3H3. The Bertz CT molecular complexity index is 601. The summed E-state index contributed by atoms with van der Waals surface area (Å²) >= 11 is 6.06. The molecule has 0 atom stereocenters. The van der Waals surface area contributed by atoms with Crippen LogP contribution in [0.25, 0.3) is 0 Å². The van der Waals surface area contributed by atoms with Crippen LogP contribution in [0.1, 0.15) is 32.0 Å². The third-order valence-electron chi connectivity index (χ3n) is 2.80. The van der Waals surface area contributed by atoms with Crippen molar-refractivity contribution in [2.24, 2.45) is 0 Å². The molecule has 0 aliphatic rings. The largest absolute Gasteiger partial charge is 0.381 e. The number of halogens is 2. The minimum atomic E-state index is -0.329. The first-order valence-corrected chi connectivity index (χ1v) is 6.30. The minimum absolute atomic E-state index is 0.201. The summed E-state index contributed by atoms with van der Waals surface area (Å²) in [4.78, 5) is 0. The van der Waals surface area contributed by atoms with Crippen molar-refractivity contribution in [3.8, 4) is 0 Å². The molecule has 19 heavy (non-hydrogen) atoms. The Hall–Kier alpha value is -1.62. The van der Waals surface area contributed by atoms with Gasteiger partial charge in [0.15, 0.2) is 5.82 Å². The van der Waals surface area contributed by atoms with E-state index in [2.05, 4.69) is 10.3 Å². The zero-order valence-electron chi connectivity index (χ0n) is 11.1. The fourth-order valence-corrected chi connectivity index (χ4v) is 2.21. The highest BCUT2D eigenvalue weighted by molar-refractivity contribution is 6.31. The van der Waals surface area contributed by atoms with Crippen LogP contribution < -0.4 is 5.73 Å². The van der Waals surface area contributed by atoms with Crippen molar-refractivity contribution in [3.63, 3.8) is 0 Å². The molecule has 0 unspecified atom stereocenters. The van der Waals surface area contributed by atoms with Crippen LogP contribution in [0.2, 0.25) is 5.02 Å². The predicted octanol–water partition coefficient (Wildman–Crippen LogP) is 3.00. The van der Waals surface area contributed by atoms with Crippen molar-refractivity contribution in [2.75, 3.05) is 5.73 Å². The molecule has 1 heterocycles. The molecule has 1 aromatic heterocycles. The molecule has 0 fully saturated rings. The van der Waals surface area contributed by atoms with Gasteiger partial charge >= 0.3 is 0 Å². The number of hydrogen-bond acceptors (Lipinski definition) is 3. The van der Waals surface area contributed by atoms with E-state index in [1.807, 2.05) is 20.8 Å². The second kappa shape index (κ2) is 4.81. The van der Waals surface area contributed by atoms with Crippen molar-refractivity contribution < 1.29 is 4.39 Å². The molecule has 0 radical (unpaired) electrons. The lowest BCUT2D eigenvalue weighted by molar-refractivity contribution is 0.502. The average molecular weight is 283 g/mol. The van der Waals surface area contributed by atoms with Crippen molar-refractivity contribution in [1.82, 2.24) is 15.0 Å². The summed E-state index contributed by atoms with van der Waals surface area (Å²) in [6.45, 7) is 6.40. The van der Waals surface area contributed by atoms with Gasteiger partial charge in [0.1, 0.15) is 5.82 Å². The molecule has 2 rings (SSSR count). The molecule has 0 aliphatic heterocycles. The van der Waals surface area contributed by atoms with Gasteiger partial charge < -0.3 is 5.73 Å². The maximum absolute atomic E-state index is 13.3. The molecular formula is C13H16ClFN4. The monoisotopic (exact) mass is 282 g/mol. The fraction of sp³-hybridized carbons (Fsp3) is 0.385. The van der Waals surface area contributed by atoms with E-state index >= 15 is 0 Å². The first-order chi connectivity index (χ1) is 8.79. The second-order valence-electron chi connectivity index (χ2n) is 5.47. The highest BCUT2D eigenvalue weighted by atomic mass is 35.5. The highest BCUT2D eigenvalue weighted by Crippen LogP contribution is 2.27. The normalized spacial score (nSPS) is 11.8. The topological polar surface area (TPSA) is 56.7 Å². The smallest absolute Gasteiger partial charge is 0.169 e. The third kappa shape index (κ3) is 2.87. The molecule has 4 nitrogen and oxygen atoms in total. The molecule has 0 saturated carbocycles. The molecule has 0 amide bonds. The van der Waals surface area contributed by atoms with Crippen LogP contribution >= 0.6 is 11.6 Å². The summed E-state index contributed by atoms with van der Waals surface area (Å²) in [6, 6.07) is 4.25. The molecule has 0 aliphatic carbocycles. The molecule has 6 heteroatoms. The van der Waals surface area contributed by atoms with Gasteiger partial charge in [-0.15, -0.1) is 5.10 Å². The second-order valence-corrected chi connectivity index (χ2v) is 5.87. The molecule has 2 aromatic rings. The van der Waals surface area contributed by atoms with Crippen LogP contribution in [0.15, 0.2) is 18.2 Å². The van der Waals surface area contributed by atoms with E-state index in [-0.39, 0.29) is 11.2 Å². The van der Waals surface area contributed by atoms with Gasteiger partial charge in [0.05, 0.1) is 12.2 Å². The molecule has 1 aromatic carbocycles. The van der Waals surface area contributed by atoms with Gasteiger partial charge in [0.2, 0.25) is 0 Å². The van der Waals surface area contributed by atoms with Gasteiger partial charge in [-0.05, 0) is 23.8 Å². The summed E-state index contributed by atoms with van der Waals surface area (Å²) in [5.41, 5.74) is 7.11. The van der Waals surface area contributed by atoms with Crippen molar-refractivity contribution in [1.29, 1.82) is 0 Å². The number of nitrogen functional groups attached to an aromatic ring is 1. The number of hydrogen-bond donors (Lipinski definition) is 1. The molecule has 2 N–H and O–H groups in total. The van der Waals surface area contributed by atoms with E-state index in [9.17, 15) is 4.39 Å². The van der Waals surface area contributed by atoms with Crippen LogP contribution in [0.3, 0.4) is 0 Å². The van der Waals surface area contributed by atoms with E-state index in [1.165, 1.54) is 18.2 Å². The Balaban J connectivity index is 2.42. The lowest BCUT2D eigenvalue weighted by Gasteiger charge is -2.20. The van der Waals surface area contributed by atoms with Crippen LogP contribution in [-0.4, -0.2) is 15.0 Å². The van der Waals surface area contributed by atoms with E-state index in [0.29, 0.717) is 22.9 Å². The van der Waals surface area contributed by atoms with E-state index in [1.54, 1.807) is 4.68 Å². The van der Waals surface area contributed by atoms with Gasteiger partial charge in [0, 0.05) is 10.4 Å². The predicted molar refractivity (Wildman–Crippen MR) is 73.6 cm³/mol. The third-order valence-corrected chi connectivity index (χ3v) is 3.17. The Morgan fingerprint density at radius 1 is 1.37 bits per heavy atom. The van der Waals surface area contributed by atoms with E-state index in [4.69, 9.17) is 17.3 Å². The minimum Gasteiger partial charge on any atom is -0.381 e. The van der Waals surface area contributed by atoms with Gasteiger partial charge in [-0.25, -0.2) is 9.07 Å². The van der Waals surface area contributed by atoms with Crippen LogP contribution in [0.5, 0.6) is 0 Å². The lowest BCUT2D eigenvalue weighted by atomic mass is 9.92. The summed E-state index contributed by atoms with van der Waals surface area (Å²) in [5.74, 6) is 0.0600. The Kier molecular flexibility index (Phi) is 3.49. The van der Waals surface area contributed by atoms with E-state index < -0.39 is 0 Å². The summed E-state index contributed by atoms with van der Waals surface area (Å²) in [5, 5.41) is 8.39. The highest BCUT2D eigenvalue weighted by Gasteiger charge is 2.24. The average Bonchev–Trinajstić information content (AvgIpc) is 2.64. The van der Waals surface area contributed by atoms with Crippen LogP contribution in [0, 0.1) is 5.82 Å². The SMILES string of the molecule is CC(C)(C)c1c(N)nnn1Cc1cc(F)ccc1Cl. The summed E-state index contributed by atoms with van der Waals surface area (Å²) in [6.07, 6.45) is 0.